The molecule has 19 heavy (non-hydrogen) atoms. The van der Waals surface area contributed by atoms with Crippen molar-refractivity contribution in [3.63, 3.8) is 0 Å². The molecule has 1 aromatic carbocycles. The molecule has 1 aliphatic heterocycles. The first kappa shape index (κ1) is 12.9. The van der Waals surface area contributed by atoms with E-state index in [1.807, 2.05) is 29.2 Å². The van der Waals surface area contributed by atoms with Gasteiger partial charge < -0.3 is 10.2 Å². The quantitative estimate of drug-likeness (QED) is 0.908. The summed E-state index contributed by atoms with van der Waals surface area (Å²) < 4.78 is 0.976. The summed E-state index contributed by atoms with van der Waals surface area (Å²) >= 11 is 3.41. The van der Waals surface area contributed by atoms with Crippen LogP contribution in [0.15, 0.2) is 28.7 Å². The third-order valence-electron chi connectivity index (χ3n) is 3.74. The monoisotopic (exact) mass is 323 g/mol. The fraction of sp³-hybridized carbons (Fsp3) is 0.500. The van der Waals surface area contributed by atoms with Gasteiger partial charge in [-0.15, -0.1) is 0 Å². The fourth-order valence-corrected chi connectivity index (χ4v) is 2.90. The van der Waals surface area contributed by atoms with Gasteiger partial charge >= 0.3 is 6.03 Å². The van der Waals surface area contributed by atoms with E-state index in [-0.39, 0.29) is 6.03 Å². The average molecular weight is 324 g/mol. The molecule has 1 heterocycles. The Kier molecular flexibility index (Phi) is 3.75. The molecule has 5 heteroatoms. The molecule has 1 N–H and O–H groups in total. The van der Waals surface area contributed by atoms with E-state index in [0.717, 1.165) is 42.4 Å². The van der Waals surface area contributed by atoms with Gasteiger partial charge in [0.25, 0.3) is 0 Å². The highest BCUT2D eigenvalue weighted by Gasteiger charge is 2.32. The maximum absolute atomic E-state index is 12.2. The molecular formula is C14H18BrN3O. The maximum Gasteiger partial charge on any atom is 0.321 e. The van der Waals surface area contributed by atoms with E-state index in [9.17, 15) is 4.79 Å². The second-order valence-electron chi connectivity index (χ2n) is 5.19. The highest BCUT2D eigenvalue weighted by molar-refractivity contribution is 9.10. The van der Waals surface area contributed by atoms with Crippen molar-refractivity contribution in [3.8, 4) is 0 Å². The number of carbonyl (C=O) groups excluding carboxylic acids is 1. The maximum atomic E-state index is 12.2. The number of rotatable bonds is 2. The Morgan fingerprint density at radius 3 is 2.58 bits per heavy atom. The number of piperazine rings is 1. The van der Waals surface area contributed by atoms with Crippen LogP contribution in [0.4, 0.5) is 10.5 Å². The molecule has 0 spiro atoms. The lowest BCUT2D eigenvalue weighted by atomic mass is 10.3. The van der Waals surface area contributed by atoms with Crippen LogP contribution >= 0.6 is 15.9 Å². The lowest BCUT2D eigenvalue weighted by Crippen LogP contribution is -2.50. The molecule has 3 rings (SSSR count). The van der Waals surface area contributed by atoms with Crippen LogP contribution in [-0.2, 0) is 0 Å². The molecule has 1 aromatic rings. The molecule has 0 atom stereocenters. The summed E-state index contributed by atoms with van der Waals surface area (Å²) in [6.45, 7) is 3.68. The average Bonchev–Trinajstić information content (AvgIpc) is 3.23. The van der Waals surface area contributed by atoms with Crippen LogP contribution in [0.2, 0.25) is 0 Å². The zero-order valence-corrected chi connectivity index (χ0v) is 12.4. The van der Waals surface area contributed by atoms with Crippen LogP contribution < -0.4 is 5.32 Å². The number of hydrogen-bond donors (Lipinski definition) is 1. The second-order valence-corrected chi connectivity index (χ2v) is 6.11. The van der Waals surface area contributed by atoms with Gasteiger partial charge in [-0.25, -0.2) is 4.79 Å². The number of carbonyl (C=O) groups is 1. The molecular weight excluding hydrogens is 306 g/mol. The Balaban J connectivity index is 1.53. The molecule has 2 amide bonds. The number of urea groups is 1. The first-order valence-electron chi connectivity index (χ1n) is 6.78. The molecule has 0 unspecified atom stereocenters. The number of anilines is 1. The summed E-state index contributed by atoms with van der Waals surface area (Å²) in [6.07, 6.45) is 2.68. The van der Waals surface area contributed by atoms with Crippen LogP contribution in [0, 0.1) is 0 Å². The highest BCUT2D eigenvalue weighted by Crippen LogP contribution is 2.27. The van der Waals surface area contributed by atoms with E-state index >= 15 is 0 Å². The third kappa shape index (κ3) is 3.28. The van der Waals surface area contributed by atoms with Gasteiger partial charge in [0.1, 0.15) is 0 Å². The molecule has 0 aromatic heterocycles. The van der Waals surface area contributed by atoms with E-state index in [1.54, 1.807) is 0 Å². The topological polar surface area (TPSA) is 35.6 Å². The number of hydrogen-bond acceptors (Lipinski definition) is 2. The zero-order valence-electron chi connectivity index (χ0n) is 10.8. The lowest BCUT2D eigenvalue weighted by molar-refractivity contribution is 0.142. The van der Waals surface area contributed by atoms with Crippen molar-refractivity contribution in [2.45, 2.75) is 18.9 Å². The molecule has 0 bridgehead atoms. The van der Waals surface area contributed by atoms with Crippen molar-refractivity contribution in [1.29, 1.82) is 0 Å². The standard InChI is InChI=1S/C14H18BrN3O/c15-11-2-1-3-12(10-11)16-14(19)18-8-6-17(7-9-18)13-4-5-13/h1-3,10,13H,4-9H2,(H,16,19). The molecule has 1 saturated heterocycles. The van der Waals surface area contributed by atoms with Crippen LogP contribution in [0.1, 0.15) is 12.8 Å². The molecule has 0 radical (unpaired) electrons. The van der Waals surface area contributed by atoms with Gasteiger partial charge in [-0.1, -0.05) is 22.0 Å². The van der Waals surface area contributed by atoms with Gasteiger partial charge in [0.15, 0.2) is 0 Å². The second kappa shape index (κ2) is 5.51. The molecule has 2 fully saturated rings. The summed E-state index contributed by atoms with van der Waals surface area (Å²) in [7, 11) is 0. The van der Waals surface area contributed by atoms with E-state index < -0.39 is 0 Å². The minimum Gasteiger partial charge on any atom is -0.322 e. The van der Waals surface area contributed by atoms with Gasteiger partial charge in [-0.05, 0) is 31.0 Å². The van der Waals surface area contributed by atoms with E-state index in [1.165, 1.54) is 12.8 Å². The lowest BCUT2D eigenvalue weighted by Gasteiger charge is -2.34. The number of amides is 2. The van der Waals surface area contributed by atoms with Gasteiger partial charge in [-0.2, -0.15) is 0 Å². The smallest absolute Gasteiger partial charge is 0.321 e. The third-order valence-corrected chi connectivity index (χ3v) is 4.23. The van der Waals surface area contributed by atoms with Crippen molar-refractivity contribution in [2.24, 2.45) is 0 Å². The number of benzene rings is 1. The highest BCUT2D eigenvalue weighted by atomic mass is 79.9. The van der Waals surface area contributed by atoms with Crippen molar-refractivity contribution < 1.29 is 4.79 Å². The van der Waals surface area contributed by atoms with Crippen LogP contribution in [0.3, 0.4) is 0 Å². The fourth-order valence-electron chi connectivity index (χ4n) is 2.50. The van der Waals surface area contributed by atoms with Gasteiger partial charge in [0.05, 0.1) is 0 Å². The van der Waals surface area contributed by atoms with Crippen LogP contribution in [0.5, 0.6) is 0 Å². The Bertz CT molecular complexity index is 468. The number of nitrogens with one attached hydrogen (secondary N) is 1. The first-order valence-corrected chi connectivity index (χ1v) is 7.57. The van der Waals surface area contributed by atoms with Crippen molar-refractivity contribution >= 4 is 27.6 Å². The summed E-state index contributed by atoms with van der Waals surface area (Å²) in [4.78, 5) is 16.6. The largest absolute Gasteiger partial charge is 0.322 e. The summed E-state index contributed by atoms with van der Waals surface area (Å²) in [6, 6.07) is 8.50. The van der Waals surface area contributed by atoms with E-state index in [4.69, 9.17) is 0 Å². The molecule has 1 saturated carbocycles. The molecule has 2 aliphatic rings. The van der Waals surface area contributed by atoms with Gasteiger partial charge in [-0.3, -0.25) is 4.90 Å². The van der Waals surface area contributed by atoms with Crippen LogP contribution in [0.25, 0.3) is 0 Å². The Morgan fingerprint density at radius 1 is 1.21 bits per heavy atom. The number of nitrogens with zero attached hydrogens (tertiary/aromatic N) is 2. The summed E-state index contributed by atoms with van der Waals surface area (Å²) in [5, 5.41) is 2.95. The van der Waals surface area contributed by atoms with Crippen molar-refractivity contribution in [2.75, 3.05) is 31.5 Å². The molecule has 102 valence electrons. The van der Waals surface area contributed by atoms with Crippen LogP contribution in [-0.4, -0.2) is 48.1 Å². The number of halogens is 1. The van der Waals surface area contributed by atoms with Gasteiger partial charge in [0, 0.05) is 42.4 Å². The first-order chi connectivity index (χ1) is 9.22. The summed E-state index contributed by atoms with van der Waals surface area (Å²) in [5.41, 5.74) is 0.837. The molecule has 4 nitrogen and oxygen atoms in total. The Hall–Kier alpha value is -1.07. The Labute approximate surface area is 121 Å². The molecule has 1 aliphatic carbocycles. The van der Waals surface area contributed by atoms with E-state index in [0.29, 0.717) is 0 Å². The predicted octanol–water partition coefficient (Wildman–Crippen LogP) is 2.76. The van der Waals surface area contributed by atoms with Crippen molar-refractivity contribution in [1.82, 2.24) is 9.80 Å². The summed E-state index contributed by atoms with van der Waals surface area (Å²) in [5.74, 6) is 0. The Morgan fingerprint density at radius 2 is 1.95 bits per heavy atom. The normalized spacial score (nSPS) is 20.4. The predicted molar refractivity (Wildman–Crippen MR) is 79.3 cm³/mol. The minimum absolute atomic E-state index is 0.00791. The van der Waals surface area contributed by atoms with E-state index in [2.05, 4.69) is 26.1 Å². The minimum atomic E-state index is 0.00791. The SMILES string of the molecule is O=C(Nc1cccc(Br)c1)N1CCN(C2CC2)CC1. The van der Waals surface area contributed by atoms with Gasteiger partial charge in [0.2, 0.25) is 0 Å². The van der Waals surface area contributed by atoms with Crippen molar-refractivity contribution in [3.05, 3.63) is 28.7 Å². The zero-order chi connectivity index (χ0) is 13.2.